The Balaban J connectivity index is 1.32. The first-order chi connectivity index (χ1) is 26.2. The maximum Gasteiger partial charge on any atom is 0.319 e. The Morgan fingerprint density at radius 1 is 1.09 bits per heavy atom. The van der Waals surface area contributed by atoms with Crippen molar-refractivity contribution < 1.29 is 32.5 Å². The van der Waals surface area contributed by atoms with Gasteiger partial charge in [-0.2, -0.15) is 9.97 Å². The largest absolute Gasteiger partial charge is 0.472 e. The second-order valence-electron chi connectivity index (χ2n) is 14.2. The number of nitrogens with zero attached hydrogens (tertiary/aromatic N) is 6. The number of fused-ring (bicyclic) bond motifs is 1. The zero-order chi connectivity index (χ0) is 37.6. The number of morpholine rings is 1. The molecular weight excluding hydrogens is 696 g/mol. The molecule has 54 heavy (non-hydrogen) atoms. The van der Waals surface area contributed by atoms with E-state index in [0.29, 0.717) is 49.1 Å². The molecule has 14 heteroatoms. The van der Waals surface area contributed by atoms with Gasteiger partial charge in [0.2, 0.25) is 5.88 Å². The second kappa shape index (κ2) is 14.5. The van der Waals surface area contributed by atoms with Gasteiger partial charge in [-0.25, -0.2) is 18.7 Å². The monoisotopic (exact) mass is 737 g/mol. The Morgan fingerprint density at radius 3 is 2.65 bits per heavy atom. The molecule has 12 nitrogen and oxygen atoms in total. The third kappa shape index (κ3) is 6.68. The van der Waals surface area contributed by atoms with E-state index in [9.17, 15) is 0 Å². The highest BCUT2D eigenvalue weighted by Gasteiger charge is 2.45. The number of aromatic nitrogens is 4. The van der Waals surface area contributed by atoms with Gasteiger partial charge in [-0.05, 0) is 56.3 Å². The molecule has 0 amide bonds. The molecule has 1 saturated carbocycles. The van der Waals surface area contributed by atoms with Gasteiger partial charge in [-0.3, -0.25) is 4.90 Å². The Hall–Kier alpha value is -5.36. The molecule has 8 rings (SSSR count). The number of methoxy groups -OCH3 is 1. The maximum absolute atomic E-state index is 17.5. The topological polar surface area (TPSA) is 130 Å². The Labute approximate surface area is 311 Å². The van der Waals surface area contributed by atoms with Gasteiger partial charge < -0.3 is 34.3 Å². The van der Waals surface area contributed by atoms with Gasteiger partial charge in [-0.1, -0.05) is 18.1 Å². The molecule has 5 aromatic rings. The number of anilines is 2. The van der Waals surface area contributed by atoms with Crippen LogP contribution in [0.25, 0.3) is 32.9 Å². The number of pyridine rings is 2. The number of terminal acetylenes is 1. The molecule has 3 aromatic heterocycles. The number of hydrogen-bond acceptors (Lipinski definition) is 12. The number of ether oxygens (including phenoxy) is 5. The molecule has 2 N–H and O–H groups in total. The van der Waals surface area contributed by atoms with E-state index in [2.05, 4.69) is 15.8 Å². The van der Waals surface area contributed by atoms with Crippen molar-refractivity contribution in [2.24, 2.45) is 5.41 Å². The molecule has 0 spiro atoms. The lowest BCUT2D eigenvalue weighted by Crippen LogP contribution is -2.41. The van der Waals surface area contributed by atoms with Crippen molar-refractivity contribution in [3.8, 4) is 41.2 Å². The van der Waals surface area contributed by atoms with Crippen LogP contribution in [0.5, 0.6) is 17.6 Å². The van der Waals surface area contributed by atoms with Crippen molar-refractivity contribution in [3.63, 3.8) is 0 Å². The van der Waals surface area contributed by atoms with Gasteiger partial charge in [0.1, 0.15) is 45.9 Å². The fourth-order valence-electron chi connectivity index (χ4n) is 7.45. The molecule has 1 saturated heterocycles. The van der Waals surface area contributed by atoms with E-state index in [1.807, 2.05) is 30.9 Å². The smallest absolute Gasteiger partial charge is 0.319 e. The summed E-state index contributed by atoms with van der Waals surface area (Å²) in [6.07, 6.45) is 9.01. The van der Waals surface area contributed by atoms with Crippen molar-refractivity contribution in [2.75, 3.05) is 70.5 Å². The molecule has 0 radical (unpaired) electrons. The molecule has 280 valence electrons. The summed E-state index contributed by atoms with van der Waals surface area (Å²) >= 11 is 0. The van der Waals surface area contributed by atoms with Crippen molar-refractivity contribution in [2.45, 2.75) is 38.8 Å². The minimum absolute atomic E-state index is 0.0102. The molecule has 1 unspecified atom stereocenters. The van der Waals surface area contributed by atoms with E-state index < -0.39 is 17.7 Å². The standard InChI is InChI=1S/C40H41F2N7O5/c1-5-27-30(41)9-8-25-17-26(53-22-50-4)18-29(31(25)27)34-33(42)35-32-37(47-39(46-35)52-21-40(10-11-40)20-48-13-15-51-16-14-48)49(19-23(2)54-38(32)45-34)24(3)28-7-6-12-44-36(28)43/h1,6-9,12,17-18,23-24H,10-11,13-16,19-22H2,2-4H3,(H2,43,44)/t23-,24?/m0/s1. The summed E-state index contributed by atoms with van der Waals surface area (Å²) in [6, 6.07) is 9.44. The van der Waals surface area contributed by atoms with Gasteiger partial charge in [0, 0.05) is 54.9 Å². The summed E-state index contributed by atoms with van der Waals surface area (Å²) in [4.78, 5) is 23.1. The molecule has 0 bridgehead atoms. The zero-order valence-electron chi connectivity index (χ0n) is 30.4. The van der Waals surface area contributed by atoms with Crippen molar-refractivity contribution in [3.05, 3.63) is 65.4 Å². The number of nitrogen functional groups attached to an aromatic ring is 1. The summed E-state index contributed by atoms with van der Waals surface area (Å²) in [5.41, 5.74) is 6.98. The molecular formula is C40H41F2N7O5. The average molecular weight is 738 g/mol. The first kappa shape index (κ1) is 35.7. The van der Waals surface area contributed by atoms with Crippen LogP contribution in [0.3, 0.4) is 0 Å². The van der Waals surface area contributed by atoms with Crippen LogP contribution in [0.15, 0.2) is 42.6 Å². The van der Waals surface area contributed by atoms with Gasteiger partial charge in [0.25, 0.3) is 0 Å². The number of benzene rings is 2. The van der Waals surface area contributed by atoms with Crippen LogP contribution in [0.4, 0.5) is 20.4 Å². The van der Waals surface area contributed by atoms with Crippen LogP contribution in [-0.4, -0.2) is 90.8 Å². The fraction of sp³-hybridized carbons (Fsp3) is 0.400. The highest BCUT2D eigenvalue weighted by Crippen LogP contribution is 2.48. The summed E-state index contributed by atoms with van der Waals surface area (Å²) in [7, 11) is 1.49. The lowest BCUT2D eigenvalue weighted by molar-refractivity contribution is 0.0231. The van der Waals surface area contributed by atoms with Crippen LogP contribution in [0.1, 0.15) is 43.9 Å². The third-order valence-corrected chi connectivity index (χ3v) is 10.5. The van der Waals surface area contributed by atoms with Crippen molar-refractivity contribution in [1.82, 2.24) is 24.8 Å². The van der Waals surface area contributed by atoms with Gasteiger partial charge in [-0.15, -0.1) is 6.42 Å². The van der Waals surface area contributed by atoms with Crippen molar-refractivity contribution in [1.29, 1.82) is 0 Å². The summed E-state index contributed by atoms with van der Waals surface area (Å²) < 4.78 is 62.1. The maximum atomic E-state index is 17.5. The highest BCUT2D eigenvalue weighted by molar-refractivity contribution is 6.04. The molecule has 2 aromatic carbocycles. The normalized spacial score (nSPS) is 18.5. The molecule has 3 aliphatic rings. The average Bonchev–Trinajstić information content (AvgIpc) is 3.97. The predicted molar refractivity (Wildman–Crippen MR) is 200 cm³/mol. The minimum atomic E-state index is -0.791. The molecule has 2 atom stereocenters. The zero-order valence-corrected chi connectivity index (χ0v) is 30.4. The number of hydrogen-bond donors (Lipinski definition) is 1. The Morgan fingerprint density at radius 2 is 1.91 bits per heavy atom. The first-order valence-electron chi connectivity index (χ1n) is 18.0. The summed E-state index contributed by atoms with van der Waals surface area (Å²) in [6.45, 7) is 8.48. The van der Waals surface area contributed by atoms with Crippen LogP contribution in [0, 0.1) is 29.4 Å². The van der Waals surface area contributed by atoms with E-state index in [1.54, 1.807) is 24.4 Å². The Bertz CT molecular complexity index is 2270. The summed E-state index contributed by atoms with van der Waals surface area (Å²) in [5.74, 6) is 2.20. The van der Waals surface area contributed by atoms with Gasteiger partial charge >= 0.3 is 6.01 Å². The highest BCUT2D eigenvalue weighted by atomic mass is 19.1. The van der Waals surface area contributed by atoms with E-state index in [4.69, 9.17) is 50.8 Å². The second-order valence-corrected chi connectivity index (χ2v) is 14.2. The minimum Gasteiger partial charge on any atom is -0.472 e. The third-order valence-electron chi connectivity index (χ3n) is 10.5. The van der Waals surface area contributed by atoms with E-state index >= 15 is 8.78 Å². The lowest BCUT2D eigenvalue weighted by atomic mass is 9.95. The van der Waals surface area contributed by atoms with Crippen LogP contribution >= 0.6 is 0 Å². The van der Waals surface area contributed by atoms with Gasteiger partial charge in [0.15, 0.2) is 12.6 Å². The molecule has 2 aliphatic heterocycles. The fourth-order valence-corrected chi connectivity index (χ4v) is 7.45. The summed E-state index contributed by atoms with van der Waals surface area (Å²) in [5, 5.41) is 1.07. The Kier molecular flexibility index (Phi) is 9.55. The first-order valence-corrected chi connectivity index (χ1v) is 18.0. The quantitative estimate of drug-likeness (QED) is 0.128. The van der Waals surface area contributed by atoms with Crippen LogP contribution < -0.4 is 24.8 Å². The predicted octanol–water partition coefficient (Wildman–Crippen LogP) is 5.90. The van der Waals surface area contributed by atoms with E-state index in [-0.39, 0.29) is 63.3 Å². The lowest BCUT2D eigenvalue weighted by Gasteiger charge is -2.32. The number of halogens is 2. The van der Waals surface area contributed by atoms with Gasteiger partial charge in [0.05, 0.1) is 38.0 Å². The SMILES string of the molecule is C#Cc1c(F)ccc2cc(OCOC)cc(-c3nc4c5c(nc(OCC6(CN7CCOCC7)CC6)nc5c3F)N(C(C)c3cccnc3N)C[C@H](C)O4)c12. The van der Waals surface area contributed by atoms with Crippen molar-refractivity contribution >= 4 is 33.3 Å². The molecule has 1 aliphatic carbocycles. The van der Waals surface area contributed by atoms with Crippen LogP contribution in [0.2, 0.25) is 0 Å². The number of nitrogens with two attached hydrogens (primary N) is 1. The molecule has 2 fully saturated rings. The molecule has 5 heterocycles. The van der Waals surface area contributed by atoms with E-state index in [0.717, 1.165) is 38.0 Å². The van der Waals surface area contributed by atoms with Crippen LogP contribution in [-0.2, 0) is 9.47 Å². The number of rotatable bonds is 11. The van der Waals surface area contributed by atoms with E-state index in [1.165, 1.54) is 13.2 Å².